The van der Waals surface area contributed by atoms with E-state index in [9.17, 15) is 0 Å². The molecule has 3 rings (SSSR count). The van der Waals surface area contributed by atoms with Crippen molar-refractivity contribution in [2.45, 2.75) is 12.8 Å². The number of aliphatic imine (C=N–C) groups is 1. The zero-order valence-corrected chi connectivity index (χ0v) is 9.19. The van der Waals surface area contributed by atoms with Crippen LogP contribution in [0.2, 0.25) is 0 Å². The zero-order chi connectivity index (χ0) is 10.8. The van der Waals surface area contributed by atoms with Crippen molar-refractivity contribution in [1.29, 1.82) is 0 Å². The second-order valence-electron chi connectivity index (χ2n) is 4.11. The van der Waals surface area contributed by atoms with E-state index in [0.717, 1.165) is 43.5 Å². The van der Waals surface area contributed by atoms with Gasteiger partial charge in [0.05, 0.1) is 18.9 Å². The number of nitrogens with zero attached hydrogens (tertiary/aromatic N) is 4. The standard InChI is InChI=1S/C11H15N5/c1-2-6-16(5-1)10-8-14-9(7-15-10)11-12-3-4-13-11/h7-8H,1-6H2,(H,12,13). The molecule has 0 saturated carbocycles. The van der Waals surface area contributed by atoms with Gasteiger partial charge in [0, 0.05) is 19.6 Å². The van der Waals surface area contributed by atoms with E-state index in [1.807, 2.05) is 12.4 Å². The molecule has 1 aromatic heterocycles. The Kier molecular flexibility index (Phi) is 2.44. The van der Waals surface area contributed by atoms with Crippen molar-refractivity contribution in [3.05, 3.63) is 18.1 Å². The van der Waals surface area contributed by atoms with Crippen molar-refractivity contribution in [3.63, 3.8) is 0 Å². The zero-order valence-electron chi connectivity index (χ0n) is 9.19. The molecule has 2 aliphatic rings. The molecule has 1 fully saturated rings. The molecule has 0 unspecified atom stereocenters. The smallest absolute Gasteiger partial charge is 0.149 e. The van der Waals surface area contributed by atoms with Gasteiger partial charge in [-0.05, 0) is 12.8 Å². The van der Waals surface area contributed by atoms with Gasteiger partial charge in [-0.2, -0.15) is 0 Å². The first kappa shape index (κ1) is 9.57. The highest BCUT2D eigenvalue weighted by atomic mass is 15.2. The molecule has 0 atom stereocenters. The molecular weight excluding hydrogens is 202 g/mol. The fraction of sp³-hybridized carbons (Fsp3) is 0.545. The van der Waals surface area contributed by atoms with Gasteiger partial charge in [0.2, 0.25) is 0 Å². The molecule has 0 aromatic carbocycles. The number of amidine groups is 1. The van der Waals surface area contributed by atoms with Crippen molar-refractivity contribution in [2.75, 3.05) is 31.1 Å². The summed E-state index contributed by atoms with van der Waals surface area (Å²) in [5.74, 6) is 1.86. The number of nitrogens with one attached hydrogen (secondary N) is 1. The second kappa shape index (κ2) is 4.08. The second-order valence-corrected chi connectivity index (χ2v) is 4.11. The van der Waals surface area contributed by atoms with Crippen molar-refractivity contribution in [3.8, 4) is 0 Å². The molecule has 16 heavy (non-hydrogen) atoms. The topological polar surface area (TPSA) is 53.4 Å². The quantitative estimate of drug-likeness (QED) is 0.780. The van der Waals surface area contributed by atoms with E-state index in [1.54, 1.807) is 0 Å². The van der Waals surface area contributed by atoms with E-state index in [0.29, 0.717) is 0 Å². The average molecular weight is 217 g/mol. The van der Waals surface area contributed by atoms with Gasteiger partial charge in [-0.1, -0.05) is 0 Å². The van der Waals surface area contributed by atoms with E-state index in [-0.39, 0.29) is 0 Å². The molecule has 0 spiro atoms. The van der Waals surface area contributed by atoms with Gasteiger partial charge in [-0.15, -0.1) is 0 Å². The van der Waals surface area contributed by atoms with Crippen LogP contribution >= 0.6 is 0 Å². The van der Waals surface area contributed by atoms with Gasteiger partial charge in [-0.25, -0.2) is 9.97 Å². The van der Waals surface area contributed by atoms with Gasteiger partial charge in [0.15, 0.2) is 0 Å². The summed E-state index contributed by atoms with van der Waals surface area (Å²) < 4.78 is 0. The summed E-state index contributed by atoms with van der Waals surface area (Å²) in [6, 6.07) is 0. The summed E-state index contributed by atoms with van der Waals surface area (Å²) in [6.45, 7) is 3.95. The Hall–Kier alpha value is -1.65. The Balaban J connectivity index is 1.78. The van der Waals surface area contributed by atoms with Crippen molar-refractivity contribution in [1.82, 2.24) is 15.3 Å². The third-order valence-corrected chi connectivity index (χ3v) is 2.99. The van der Waals surface area contributed by atoms with Crippen molar-refractivity contribution < 1.29 is 0 Å². The number of aromatic nitrogens is 2. The molecule has 0 amide bonds. The van der Waals surface area contributed by atoms with Crippen LogP contribution in [0.25, 0.3) is 0 Å². The highest BCUT2D eigenvalue weighted by molar-refractivity contribution is 5.97. The van der Waals surface area contributed by atoms with Crippen molar-refractivity contribution >= 4 is 11.7 Å². The number of rotatable bonds is 2. The maximum atomic E-state index is 4.45. The van der Waals surface area contributed by atoms with Gasteiger partial charge < -0.3 is 10.2 Å². The third-order valence-electron chi connectivity index (χ3n) is 2.99. The van der Waals surface area contributed by atoms with E-state index < -0.39 is 0 Å². The molecule has 84 valence electrons. The normalized spacial score (nSPS) is 19.8. The lowest BCUT2D eigenvalue weighted by molar-refractivity contribution is 0.922. The van der Waals surface area contributed by atoms with Crippen LogP contribution in [0.1, 0.15) is 18.5 Å². The number of hydrogen-bond acceptors (Lipinski definition) is 5. The van der Waals surface area contributed by atoms with E-state index >= 15 is 0 Å². The minimum atomic E-state index is 0.838. The van der Waals surface area contributed by atoms with Crippen LogP contribution in [0.5, 0.6) is 0 Å². The Morgan fingerprint density at radius 3 is 2.62 bits per heavy atom. The number of hydrogen-bond donors (Lipinski definition) is 1. The Morgan fingerprint density at radius 2 is 2.00 bits per heavy atom. The van der Waals surface area contributed by atoms with Gasteiger partial charge >= 0.3 is 0 Å². The lowest BCUT2D eigenvalue weighted by atomic mass is 10.4. The van der Waals surface area contributed by atoms with Crippen LogP contribution in [0.3, 0.4) is 0 Å². The fourth-order valence-corrected chi connectivity index (χ4v) is 2.12. The predicted molar refractivity (Wildman–Crippen MR) is 62.9 cm³/mol. The summed E-state index contributed by atoms with van der Waals surface area (Å²) in [7, 11) is 0. The van der Waals surface area contributed by atoms with Gasteiger partial charge in [-0.3, -0.25) is 4.99 Å². The third kappa shape index (κ3) is 1.73. The first-order valence-corrected chi connectivity index (χ1v) is 5.79. The van der Waals surface area contributed by atoms with Crippen LogP contribution in [-0.2, 0) is 0 Å². The van der Waals surface area contributed by atoms with Crippen LogP contribution < -0.4 is 10.2 Å². The Labute approximate surface area is 94.6 Å². The fourth-order valence-electron chi connectivity index (χ4n) is 2.12. The molecule has 1 N–H and O–H groups in total. The maximum absolute atomic E-state index is 4.45. The summed E-state index contributed by atoms with van der Waals surface area (Å²) in [4.78, 5) is 15.5. The van der Waals surface area contributed by atoms with Crippen LogP contribution in [0, 0.1) is 0 Å². The first-order chi connectivity index (χ1) is 7.93. The van der Waals surface area contributed by atoms with Gasteiger partial charge in [0.1, 0.15) is 17.3 Å². The Bertz CT molecular complexity index is 391. The van der Waals surface area contributed by atoms with Gasteiger partial charge in [0.25, 0.3) is 0 Å². The molecule has 5 nitrogen and oxygen atoms in total. The minimum absolute atomic E-state index is 0.838. The van der Waals surface area contributed by atoms with Crippen LogP contribution in [-0.4, -0.2) is 42.0 Å². The largest absolute Gasteiger partial charge is 0.367 e. The summed E-state index contributed by atoms with van der Waals surface area (Å²) in [6.07, 6.45) is 6.18. The average Bonchev–Trinajstić information content (AvgIpc) is 3.03. The molecule has 0 aliphatic carbocycles. The lowest BCUT2D eigenvalue weighted by Crippen LogP contribution is -2.22. The minimum Gasteiger partial charge on any atom is -0.367 e. The van der Waals surface area contributed by atoms with Crippen molar-refractivity contribution in [2.24, 2.45) is 4.99 Å². The lowest BCUT2D eigenvalue weighted by Gasteiger charge is -2.15. The van der Waals surface area contributed by atoms with Crippen LogP contribution in [0.15, 0.2) is 17.4 Å². The molecule has 1 saturated heterocycles. The SMILES string of the molecule is c1nc(N2CCCC2)cnc1C1=NCCN1. The molecule has 0 bridgehead atoms. The maximum Gasteiger partial charge on any atom is 0.149 e. The highest BCUT2D eigenvalue weighted by Gasteiger charge is 2.15. The Morgan fingerprint density at radius 1 is 1.12 bits per heavy atom. The van der Waals surface area contributed by atoms with E-state index in [1.165, 1.54) is 12.8 Å². The molecular formula is C11H15N5. The molecule has 1 aromatic rings. The summed E-state index contributed by atoms with van der Waals surface area (Å²) in [5, 5.41) is 3.20. The summed E-state index contributed by atoms with van der Waals surface area (Å²) >= 11 is 0. The molecule has 2 aliphatic heterocycles. The first-order valence-electron chi connectivity index (χ1n) is 5.79. The molecule has 0 radical (unpaired) electrons. The summed E-state index contributed by atoms with van der Waals surface area (Å²) in [5.41, 5.74) is 0.848. The number of anilines is 1. The van der Waals surface area contributed by atoms with Crippen LogP contribution in [0.4, 0.5) is 5.82 Å². The highest BCUT2D eigenvalue weighted by Crippen LogP contribution is 2.16. The van der Waals surface area contributed by atoms with E-state index in [2.05, 4.69) is 25.2 Å². The molecule has 5 heteroatoms. The molecule has 3 heterocycles. The predicted octanol–water partition coefficient (Wildman–Crippen LogP) is 0.427. The van der Waals surface area contributed by atoms with E-state index in [4.69, 9.17) is 0 Å². The monoisotopic (exact) mass is 217 g/mol.